The molecule has 0 aromatic heterocycles. The summed E-state index contributed by atoms with van der Waals surface area (Å²) in [5.41, 5.74) is 0. The maximum absolute atomic E-state index is 11.2. The molecule has 0 radical (unpaired) electrons. The molecular weight excluding hydrogens is 192 g/mol. The second-order valence-electron chi connectivity index (χ2n) is 3.06. The topological polar surface area (TPSA) is 52.6 Å². The third kappa shape index (κ3) is 2.93. The molecule has 1 aliphatic rings. The van der Waals surface area contributed by atoms with E-state index in [1.807, 2.05) is 13.8 Å². The summed E-state index contributed by atoms with van der Waals surface area (Å²) in [6.07, 6.45) is -0.537. The van der Waals surface area contributed by atoms with E-state index in [1.165, 1.54) is 0 Å². The van der Waals surface area contributed by atoms with Gasteiger partial charge in [-0.15, -0.1) is 0 Å². The van der Waals surface area contributed by atoms with Gasteiger partial charge in [0, 0.05) is 13.2 Å². The lowest BCUT2D eigenvalue weighted by atomic mass is 10.2. The average molecular weight is 208 g/mol. The zero-order valence-corrected chi connectivity index (χ0v) is 8.84. The lowest BCUT2D eigenvalue weighted by Gasteiger charge is -2.17. The predicted octanol–water partition coefficient (Wildman–Crippen LogP) is 0.225. The van der Waals surface area contributed by atoms with Gasteiger partial charge in [-0.25, -0.2) is 8.42 Å². The van der Waals surface area contributed by atoms with Crippen LogP contribution in [0.3, 0.4) is 0 Å². The highest BCUT2D eigenvalue weighted by Crippen LogP contribution is 2.18. The maximum atomic E-state index is 11.2. The molecule has 0 amide bonds. The summed E-state index contributed by atoms with van der Waals surface area (Å²) in [5, 5.41) is 0. The van der Waals surface area contributed by atoms with E-state index < -0.39 is 9.84 Å². The summed E-state index contributed by atoms with van der Waals surface area (Å²) in [5.74, 6) is 0.205. The van der Waals surface area contributed by atoms with Gasteiger partial charge in [0.15, 0.2) is 9.84 Å². The Kier molecular flexibility index (Phi) is 3.70. The number of rotatable bonds is 4. The number of hydrogen-bond donors (Lipinski definition) is 0. The van der Waals surface area contributed by atoms with Crippen LogP contribution in [0.25, 0.3) is 0 Å². The summed E-state index contributed by atoms with van der Waals surface area (Å²) in [6.45, 7) is 4.77. The van der Waals surface area contributed by atoms with Crippen molar-refractivity contribution in [3.63, 3.8) is 0 Å². The Hall–Kier alpha value is -0.130. The smallest absolute Gasteiger partial charge is 0.155 e. The summed E-state index contributed by atoms with van der Waals surface area (Å²) in [7, 11) is -2.94. The van der Waals surface area contributed by atoms with Gasteiger partial charge in [-0.3, -0.25) is 0 Å². The van der Waals surface area contributed by atoms with Crippen LogP contribution in [0, 0.1) is 0 Å². The highest BCUT2D eigenvalue weighted by molar-refractivity contribution is 7.91. The van der Waals surface area contributed by atoms with Gasteiger partial charge in [0.25, 0.3) is 0 Å². The second-order valence-corrected chi connectivity index (χ2v) is 5.22. The molecule has 0 aliphatic carbocycles. The highest BCUT2D eigenvalue weighted by Gasteiger charge is 2.38. The van der Waals surface area contributed by atoms with Gasteiger partial charge in [-0.05, 0) is 13.8 Å². The Morgan fingerprint density at radius 2 is 1.46 bits per heavy atom. The van der Waals surface area contributed by atoms with Crippen molar-refractivity contribution in [2.75, 3.05) is 24.7 Å². The van der Waals surface area contributed by atoms with Crippen LogP contribution >= 0.6 is 0 Å². The SMILES string of the molecule is CCO[C@@H]1CS(=O)(=O)C[C@H]1OCC. The second kappa shape index (κ2) is 4.39. The molecular formula is C8H16O4S. The first-order chi connectivity index (χ1) is 6.09. The van der Waals surface area contributed by atoms with E-state index >= 15 is 0 Å². The molecule has 0 bridgehead atoms. The minimum Gasteiger partial charge on any atom is -0.375 e. The van der Waals surface area contributed by atoms with E-state index in [2.05, 4.69) is 0 Å². The molecule has 4 nitrogen and oxygen atoms in total. The van der Waals surface area contributed by atoms with E-state index in [0.29, 0.717) is 13.2 Å². The van der Waals surface area contributed by atoms with Crippen molar-refractivity contribution in [2.24, 2.45) is 0 Å². The maximum Gasteiger partial charge on any atom is 0.155 e. The fourth-order valence-corrected chi connectivity index (χ4v) is 3.28. The summed E-state index contributed by atoms with van der Waals surface area (Å²) < 4.78 is 33.1. The molecule has 0 spiro atoms. The monoisotopic (exact) mass is 208 g/mol. The molecule has 0 N–H and O–H groups in total. The lowest BCUT2D eigenvalue weighted by Crippen LogP contribution is -2.29. The molecule has 2 atom stereocenters. The summed E-state index contributed by atoms with van der Waals surface area (Å²) >= 11 is 0. The lowest BCUT2D eigenvalue weighted by molar-refractivity contribution is -0.0388. The molecule has 13 heavy (non-hydrogen) atoms. The van der Waals surface area contributed by atoms with E-state index in [-0.39, 0.29) is 23.7 Å². The van der Waals surface area contributed by atoms with Gasteiger partial charge in [0.2, 0.25) is 0 Å². The van der Waals surface area contributed by atoms with E-state index in [0.717, 1.165) is 0 Å². The van der Waals surface area contributed by atoms with Gasteiger partial charge in [0.1, 0.15) is 0 Å². The average Bonchev–Trinajstić information content (AvgIpc) is 2.28. The highest BCUT2D eigenvalue weighted by atomic mass is 32.2. The van der Waals surface area contributed by atoms with Crippen molar-refractivity contribution in [1.29, 1.82) is 0 Å². The molecule has 1 fully saturated rings. The molecule has 78 valence electrons. The molecule has 0 saturated carbocycles. The van der Waals surface area contributed by atoms with Crippen LogP contribution in [0.5, 0.6) is 0 Å². The zero-order valence-electron chi connectivity index (χ0n) is 8.02. The first-order valence-corrected chi connectivity index (χ1v) is 6.34. The number of ether oxygens (including phenoxy) is 2. The first-order valence-electron chi connectivity index (χ1n) is 4.52. The van der Waals surface area contributed by atoms with Crippen LogP contribution in [0.15, 0.2) is 0 Å². The van der Waals surface area contributed by atoms with Gasteiger partial charge in [-0.1, -0.05) is 0 Å². The standard InChI is InChI=1S/C8H16O4S/c1-3-11-7-5-13(9,10)6-8(7)12-4-2/h7-8H,3-6H2,1-2H3/t7-,8-/m1/s1. The third-order valence-corrected chi connectivity index (χ3v) is 3.69. The Morgan fingerprint density at radius 1 is 1.08 bits per heavy atom. The van der Waals surface area contributed by atoms with Crippen molar-refractivity contribution < 1.29 is 17.9 Å². The van der Waals surface area contributed by atoms with Gasteiger partial charge in [-0.2, -0.15) is 0 Å². The number of sulfone groups is 1. The van der Waals surface area contributed by atoms with Crippen molar-refractivity contribution in [2.45, 2.75) is 26.1 Å². The minimum absolute atomic E-state index is 0.103. The van der Waals surface area contributed by atoms with E-state index in [9.17, 15) is 8.42 Å². The van der Waals surface area contributed by atoms with Crippen molar-refractivity contribution in [3.8, 4) is 0 Å². The normalized spacial score (nSPS) is 32.2. The Balaban J connectivity index is 2.60. The van der Waals surface area contributed by atoms with Crippen LogP contribution in [0.4, 0.5) is 0 Å². The summed E-state index contributed by atoms with van der Waals surface area (Å²) in [6, 6.07) is 0. The van der Waals surface area contributed by atoms with Gasteiger partial charge >= 0.3 is 0 Å². The molecule has 1 saturated heterocycles. The minimum atomic E-state index is -2.94. The van der Waals surface area contributed by atoms with E-state index in [1.54, 1.807) is 0 Å². The van der Waals surface area contributed by atoms with Gasteiger partial charge < -0.3 is 9.47 Å². The molecule has 5 heteroatoms. The first kappa shape index (κ1) is 10.9. The van der Waals surface area contributed by atoms with Gasteiger partial charge in [0.05, 0.1) is 23.7 Å². The van der Waals surface area contributed by atoms with E-state index in [4.69, 9.17) is 9.47 Å². The number of hydrogen-bond acceptors (Lipinski definition) is 4. The Morgan fingerprint density at radius 3 is 1.77 bits per heavy atom. The van der Waals surface area contributed by atoms with Crippen LogP contribution in [-0.2, 0) is 19.3 Å². The Bertz CT molecular complexity index is 227. The quantitative estimate of drug-likeness (QED) is 0.663. The molecule has 0 aromatic rings. The van der Waals surface area contributed by atoms with Crippen LogP contribution < -0.4 is 0 Å². The zero-order chi connectivity index (χ0) is 9.90. The van der Waals surface area contributed by atoms with Crippen LogP contribution in [0.1, 0.15) is 13.8 Å². The van der Waals surface area contributed by atoms with Crippen molar-refractivity contribution in [1.82, 2.24) is 0 Å². The van der Waals surface area contributed by atoms with Crippen molar-refractivity contribution in [3.05, 3.63) is 0 Å². The van der Waals surface area contributed by atoms with Crippen LogP contribution in [-0.4, -0.2) is 45.3 Å². The third-order valence-electron chi connectivity index (χ3n) is 2.01. The predicted molar refractivity (Wildman–Crippen MR) is 49.5 cm³/mol. The fourth-order valence-electron chi connectivity index (χ4n) is 1.52. The molecule has 0 unspecified atom stereocenters. The largest absolute Gasteiger partial charge is 0.375 e. The van der Waals surface area contributed by atoms with Crippen LogP contribution in [0.2, 0.25) is 0 Å². The molecule has 1 aliphatic heterocycles. The van der Waals surface area contributed by atoms with Crippen molar-refractivity contribution >= 4 is 9.84 Å². The molecule has 0 aromatic carbocycles. The fraction of sp³-hybridized carbons (Fsp3) is 1.00. The Labute approximate surface area is 79.1 Å². The molecule has 1 rings (SSSR count). The summed E-state index contributed by atoms with van der Waals surface area (Å²) in [4.78, 5) is 0. The molecule has 1 heterocycles.